The number of rotatable bonds is 4. The highest BCUT2D eigenvalue weighted by Gasteiger charge is 2.22. The Balaban J connectivity index is 1.66. The van der Waals surface area contributed by atoms with Crippen LogP contribution < -0.4 is 0 Å². The molecule has 0 spiro atoms. The highest BCUT2D eigenvalue weighted by Crippen LogP contribution is 2.34. The maximum absolute atomic E-state index is 6.35. The van der Waals surface area contributed by atoms with Gasteiger partial charge in [0.25, 0.3) is 0 Å². The van der Waals surface area contributed by atoms with E-state index in [-0.39, 0.29) is 0 Å². The zero-order valence-electron chi connectivity index (χ0n) is 14.1. The monoisotopic (exact) mass is 456 g/mol. The summed E-state index contributed by atoms with van der Waals surface area (Å²) < 4.78 is 2.92. The smallest absolute Gasteiger partial charge is 0.213 e. The summed E-state index contributed by atoms with van der Waals surface area (Å²) in [5.41, 5.74) is 3.78. The third-order valence-electron chi connectivity index (χ3n) is 4.41. The molecule has 1 fully saturated rings. The summed E-state index contributed by atoms with van der Waals surface area (Å²) in [7, 11) is 0. The fourth-order valence-electron chi connectivity index (χ4n) is 2.84. The van der Waals surface area contributed by atoms with Crippen molar-refractivity contribution in [1.82, 2.24) is 14.6 Å². The van der Waals surface area contributed by atoms with E-state index in [4.69, 9.17) is 21.7 Å². The molecule has 1 aliphatic carbocycles. The van der Waals surface area contributed by atoms with E-state index in [9.17, 15) is 0 Å². The van der Waals surface area contributed by atoms with Gasteiger partial charge in [-0.15, -0.1) is 0 Å². The Hall–Kier alpha value is -2.02. The molecule has 1 aliphatic rings. The van der Waals surface area contributed by atoms with Crippen LogP contribution in [0.3, 0.4) is 0 Å². The fraction of sp³-hybridized carbons (Fsp3) is 0.150. The molecule has 5 rings (SSSR count). The van der Waals surface area contributed by atoms with Crippen molar-refractivity contribution in [2.45, 2.75) is 18.9 Å². The molecule has 2 aromatic heterocycles. The van der Waals surface area contributed by atoms with Gasteiger partial charge in [-0.2, -0.15) is 5.10 Å². The zero-order chi connectivity index (χ0) is 18.4. The number of imidazole rings is 1. The van der Waals surface area contributed by atoms with Crippen molar-refractivity contribution in [2.24, 2.45) is 4.99 Å². The van der Waals surface area contributed by atoms with E-state index in [0.717, 1.165) is 49.8 Å². The summed E-state index contributed by atoms with van der Waals surface area (Å²) in [5, 5.41) is 6.34. The molecular formula is C20H14BrClN4S. The van der Waals surface area contributed by atoms with Gasteiger partial charge < -0.3 is 0 Å². The van der Waals surface area contributed by atoms with Gasteiger partial charge in [0.05, 0.1) is 11.1 Å². The van der Waals surface area contributed by atoms with E-state index in [2.05, 4.69) is 33.1 Å². The van der Waals surface area contributed by atoms with Crippen molar-refractivity contribution < 1.29 is 0 Å². The van der Waals surface area contributed by atoms with Crippen molar-refractivity contribution in [3.63, 3.8) is 0 Å². The van der Waals surface area contributed by atoms with Gasteiger partial charge in [0.15, 0.2) is 0 Å². The molecule has 134 valence electrons. The van der Waals surface area contributed by atoms with E-state index in [0.29, 0.717) is 11.1 Å². The van der Waals surface area contributed by atoms with E-state index in [1.54, 1.807) is 0 Å². The van der Waals surface area contributed by atoms with E-state index in [1.165, 1.54) is 11.3 Å². The van der Waals surface area contributed by atoms with Crippen molar-refractivity contribution in [3.05, 3.63) is 63.7 Å². The molecule has 0 N–H and O–H groups in total. The zero-order valence-corrected chi connectivity index (χ0v) is 17.3. The first-order valence-electron chi connectivity index (χ1n) is 8.62. The Morgan fingerprint density at radius 1 is 1.15 bits per heavy atom. The molecule has 0 aliphatic heterocycles. The molecule has 0 atom stereocenters. The largest absolute Gasteiger partial charge is 0.288 e. The third kappa shape index (κ3) is 3.33. The average Bonchev–Trinajstić information content (AvgIpc) is 3.31. The van der Waals surface area contributed by atoms with Gasteiger partial charge in [-0.3, -0.25) is 4.99 Å². The lowest BCUT2D eigenvalue weighted by Crippen LogP contribution is -1.96. The van der Waals surface area contributed by atoms with Crippen LogP contribution in [0.5, 0.6) is 0 Å². The summed E-state index contributed by atoms with van der Waals surface area (Å²) in [5.74, 6) is 0. The summed E-state index contributed by atoms with van der Waals surface area (Å²) in [6.45, 7) is 0. The number of aliphatic imine (C=N–C) groups is 1. The molecule has 0 radical (unpaired) electrons. The topological polar surface area (TPSA) is 42.5 Å². The second-order valence-electron chi connectivity index (χ2n) is 6.44. The summed E-state index contributed by atoms with van der Waals surface area (Å²) in [4.78, 5) is 10.4. The lowest BCUT2D eigenvalue weighted by Gasteiger charge is -2.01. The predicted octanol–water partition coefficient (Wildman–Crippen LogP) is 6.12. The maximum Gasteiger partial charge on any atom is 0.213 e. The Kier molecular flexibility index (Phi) is 4.34. The van der Waals surface area contributed by atoms with E-state index < -0.39 is 0 Å². The summed E-state index contributed by atoms with van der Waals surface area (Å²) in [6, 6.07) is 16.3. The SMILES string of the molecule is Clc1ccccc1-c1nn2c(C=NC3CC3)c(-c3ccc(Br)cc3)nc2s1. The van der Waals surface area contributed by atoms with Gasteiger partial charge in [-0.05, 0) is 31.0 Å². The van der Waals surface area contributed by atoms with Crippen LogP contribution in [-0.4, -0.2) is 26.9 Å². The van der Waals surface area contributed by atoms with Gasteiger partial charge in [0, 0.05) is 21.8 Å². The van der Waals surface area contributed by atoms with Crippen molar-refractivity contribution in [2.75, 3.05) is 0 Å². The quantitative estimate of drug-likeness (QED) is 0.346. The first kappa shape index (κ1) is 17.1. The van der Waals surface area contributed by atoms with Crippen molar-refractivity contribution >= 4 is 50.0 Å². The van der Waals surface area contributed by atoms with Crippen LogP contribution >= 0.6 is 38.9 Å². The number of hydrogen-bond acceptors (Lipinski definition) is 4. The van der Waals surface area contributed by atoms with Gasteiger partial charge in [0.2, 0.25) is 4.96 Å². The second kappa shape index (κ2) is 6.86. The molecule has 0 saturated heterocycles. The van der Waals surface area contributed by atoms with Crippen LogP contribution in [0.4, 0.5) is 0 Å². The highest BCUT2D eigenvalue weighted by molar-refractivity contribution is 9.10. The minimum Gasteiger partial charge on any atom is -0.288 e. The Bertz CT molecular complexity index is 1160. The van der Waals surface area contributed by atoms with Crippen LogP contribution in [0, 0.1) is 0 Å². The lowest BCUT2D eigenvalue weighted by atomic mass is 10.1. The highest BCUT2D eigenvalue weighted by atomic mass is 79.9. The number of nitrogens with zero attached hydrogens (tertiary/aromatic N) is 4. The standard InChI is InChI=1S/C20H14BrClN4S/c21-13-7-5-12(6-8-13)18-17(11-23-14-9-10-14)26-20(24-18)27-19(25-26)15-3-1-2-4-16(15)22/h1-8,11,14H,9-10H2. The molecular weight excluding hydrogens is 444 g/mol. The predicted molar refractivity (Wildman–Crippen MR) is 115 cm³/mol. The van der Waals surface area contributed by atoms with E-state index >= 15 is 0 Å². The Labute approximate surface area is 173 Å². The molecule has 0 bridgehead atoms. The van der Waals surface area contributed by atoms with Crippen LogP contribution in [0.1, 0.15) is 18.5 Å². The maximum atomic E-state index is 6.35. The molecule has 4 nitrogen and oxygen atoms in total. The van der Waals surface area contributed by atoms with Crippen LogP contribution in [0.25, 0.3) is 26.8 Å². The number of benzene rings is 2. The first-order chi connectivity index (χ1) is 13.2. The molecule has 0 amide bonds. The van der Waals surface area contributed by atoms with Crippen molar-refractivity contribution in [1.29, 1.82) is 0 Å². The molecule has 0 unspecified atom stereocenters. The number of aromatic nitrogens is 3. The number of halogens is 2. The third-order valence-corrected chi connectivity index (χ3v) is 6.21. The molecule has 7 heteroatoms. The number of fused-ring (bicyclic) bond motifs is 1. The molecule has 2 heterocycles. The van der Waals surface area contributed by atoms with Crippen molar-refractivity contribution in [3.8, 4) is 21.8 Å². The Morgan fingerprint density at radius 3 is 2.67 bits per heavy atom. The normalized spacial score (nSPS) is 14.4. The van der Waals surface area contributed by atoms with E-state index in [1.807, 2.05) is 47.1 Å². The summed E-state index contributed by atoms with van der Waals surface area (Å²) >= 11 is 11.4. The van der Waals surface area contributed by atoms with Gasteiger partial charge in [-0.1, -0.05) is 69.2 Å². The van der Waals surface area contributed by atoms with Crippen LogP contribution in [0.2, 0.25) is 5.02 Å². The second-order valence-corrected chi connectivity index (χ2v) is 8.72. The fourth-order valence-corrected chi connectivity index (χ4v) is 4.33. The molecule has 2 aromatic carbocycles. The lowest BCUT2D eigenvalue weighted by molar-refractivity contribution is 0.965. The molecule has 4 aromatic rings. The average molecular weight is 458 g/mol. The summed E-state index contributed by atoms with van der Waals surface area (Å²) in [6.07, 6.45) is 4.24. The van der Waals surface area contributed by atoms with Gasteiger partial charge >= 0.3 is 0 Å². The molecule has 1 saturated carbocycles. The minimum atomic E-state index is 0.440. The Morgan fingerprint density at radius 2 is 1.93 bits per heavy atom. The molecule has 27 heavy (non-hydrogen) atoms. The minimum absolute atomic E-state index is 0.440. The van der Waals surface area contributed by atoms with Crippen LogP contribution in [-0.2, 0) is 0 Å². The van der Waals surface area contributed by atoms with Gasteiger partial charge in [-0.25, -0.2) is 9.50 Å². The van der Waals surface area contributed by atoms with Gasteiger partial charge in [0.1, 0.15) is 16.4 Å². The first-order valence-corrected chi connectivity index (χ1v) is 10.6. The van der Waals surface area contributed by atoms with Crippen LogP contribution in [0.15, 0.2) is 58.0 Å². The number of hydrogen-bond donors (Lipinski definition) is 0.